The number of rotatable bonds is 11. The lowest BCUT2D eigenvalue weighted by Crippen LogP contribution is -2.17. The Morgan fingerprint density at radius 3 is 2.22 bits per heavy atom. The van der Waals surface area contributed by atoms with Crippen molar-refractivity contribution in [2.24, 2.45) is 5.73 Å². The maximum absolute atomic E-state index is 11.1. The van der Waals surface area contributed by atoms with Crippen molar-refractivity contribution >= 4 is 24.2 Å². The Bertz CT molecular complexity index is 225. The van der Waals surface area contributed by atoms with Gasteiger partial charge in [0.2, 0.25) is 0 Å². The molecule has 0 spiro atoms. The molecule has 0 fully saturated rings. The molecular weight excluding hydrogens is 262 g/mol. The summed E-state index contributed by atoms with van der Waals surface area (Å²) >= 11 is 0. The highest BCUT2D eigenvalue weighted by atomic mass is 35.5. The molecule has 0 atom stereocenters. The molecule has 0 aliphatic heterocycles. The zero-order valence-corrected chi connectivity index (χ0v) is 11.5. The van der Waals surface area contributed by atoms with Crippen LogP contribution in [0.5, 0.6) is 0 Å². The molecule has 0 unspecified atom stereocenters. The summed E-state index contributed by atoms with van der Waals surface area (Å²) < 4.78 is 15.0. The van der Waals surface area contributed by atoms with Crippen molar-refractivity contribution in [3.8, 4) is 0 Å². The first-order valence-corrected chi connectivity index (χ1v) is 5.73. The van der Waals surface area contributed by atoms with E-state index in [9.17, 15) is 9.59 Å². The third kappa shape index (κ3) is 13.4. The number of Topliss-reactive ketones (excluding diaryl/α,β-unsaturated/α-hetero) is 1. The van der Waals surface area contributed by atoms with E-state index in [1.54, 1.807) is 0 Å². The average molecular weight is 284 g/mol. The van der Waals surface area contributed by atoms with Crippen LogP contribution in [0, 0.1) is 0 Å². The minimum atomic E-state index is -0.403. The predicted octanol–water partition coefficient (Wildman–Crippen LogP) is 0.313. The first-order valence-electron chi connectivity index (χ1n) is 5.73. The van der Waals surface area contributed by atoms with Crippen LogP contribution in [0.4, 0.5) is 0 Å². The van der Waals surface area contributed by atoms with Crippen LogP contribution in [-0.2, 0) is 23.8 Å². The van der Waals surface area contributed by atoms with Gasteiger partial charge in [-0.1, -0.05) is 0 Å². The molecule has 0 radical (unpaired) electrons. The Balaban J connectivity index is 0. The fourth-order valence-electron chi connectivity index (χ4n) is 0.994. The van der Waals surface area contributed by atoms with Crippen molar-refractivity contribution in [1.82, 2.24) is 0 Å². The third-order valence-electron chi connectivity index (χ3n) is 1.90. The van der Waals surface area contributed by atoms with Crippen LogP contribution in [0.15, 0.2) is 0 Å². The van der Waals surface area contributed by atoms with E-state index in [1.807, 2.05) is 6.92 Å². The Labute approximate surface area is 114 Å². The molecule has 18 heavy (non-hydrogen) atoms. The van der Waals surface area contributed by atoms with Gasteiger partial charge in [-0.2, -0.15) is 0 Å². The monoisotopic (exact) mass is 283 g/mol. The summed E-state index contributed by atoms with van der Waals surface area (Å²) in [6, 6.07) is 0. The molecule has 108 valence electrons. The van der Waals surface area contributed by atoms with Crippen molar-refractivity contribution in [3.05, 3.63) is 0 Å². The summed E-state index contributed by atoms with van der Waals surface area (Å²) in [6.07, 6.45) is 0.218. The quantitative estimate of drug-likeness (QED) is 0.434. The Kier molecular flexibility index (Phi) is 15.7. The average Bonchev–Trinajstić information content (AvgIpc) is 2.34. The molecule has 6 nitrogen and oxygen atoms in total. The van der Waals surface area contributed by atoms with Gasteiger partial charge in [-0.05, 0) is 6.92 Å². The molecule has 0 heterocycles. The summed E-state index contributed by atoms with van der Waals surface area (Å²) in [7, 11) is 0. The number of ether oxygens (including phenoxy) is 3. The molecule has 7 heteroatoms. The van der Waals surface area contributed by atoms with Gasteiger partial charge in [-0.25, -0.2) is 0 Å². The summed E-state index contributed by atoms with van der Waals surface area (Å²) in [4.78, 5) is 21.9. The largest absolute Gasteiger partial charge is 0.463 e. The minimum Gasteiger partial charge on any atom is -0.463 e. The highest BCUT2D eigenvalue weighted by molar-refractivity contribution is 5.85. The number of hydrogen-bond acceptors (Lipinski definition) is 6. The molecule has 0 rings (SSSR count). The third-order valence-corrected chi connectivity index (χ3v) is 1.90. The molecule has 0 aromatic heterocycles. The summed E-state index contributed by atoms with van der Waals surface area (Å²) in [5.74, 6) is -0.546. The van der Waals surface area contributed by atoms with Gasteiger partial charge in [0.1, 0.15) is 12.4 Å². The van der Waals surface area contributed by atoms with Gasteiger partial charge >= 0.3 is 5.97 Å². The smallest absolute Gasteiger partial charge is 0.306 e. The highest BCUT2D eigenvalue weighted by Gasteiger charge is 2.06. The standard InChI is InChI=1S/C11H21NO5.ClH/c1-2-15-5-6-16-7-8-17-11(14)4-3-10(13)9-12;/h2-9,12H2,1H3;1H. The molecule has 0 aromatic carbocycles. The lowest BCUT2D eigenvalue weighted by molar-refractivity contribution is -0.146. The summed E-state index contributed by atoms with van der Waals surface area (Å²) in [5, 5.41) is 0. The first kappa shape index (κ1) is 19.6. The summed E-state index contributed by atoms with van der Waals surface area (Å²) in [6.45, 7) is 4.09. The van der Waals surface area contributed by atoms with Crippen LogP contribution in [-0.4, -0.2) is 51.3 Å². The van der Waals surface area contributed by atoms with Crippen LogP contribution in [0.25, 0.3) is 0 Å². The van der Waals surface area contributed by atoms with E-state index in [0.29, 0.717) is 26.4 Å². The van der Waals surface area contributed by atoms with Gasteiger partial charge in [-0.3, -0.25) is 9.59 Å². The number of esters is 1. The van der Waals surface area contributed by atoms with Crippen molar-refractivity contribution < 1.29 is 23.8 Å². The van der Waals surface area contributed by atoms with Gasteiger partial charge in [0.15, 0.2) is 0 Å². The number of carbonyl (C=O) groups excluding carboxylic acids is 2. The fourth-order valence-corrected chi connectivity index (χ4v) is 0.994. The molecule has 0 saturated heterocycles. The van der Waals surface area contributed by atoms with Crippen LogP contribution in [0.3, 0.4) is 0 Å². The highest BCUT2D eigenvalue weighted by Crippen LogP contribution is 1.93. The van der Waals surface area contributed by atoms with E-state index in [1.165, 1.54) is 0 Å². The van der Waals surface area contributed by atoms with Gasteiger partial charge in [-0.15, -0.1) is 12.4 Å². The minimum absolute atomic E-state index is 0. The van der Waals surface area contributed by atoms with Crippen molar-refractivity contribution in [3.63, 3.8) is 0 Å². The van der Waals surface area contributed by atoms with Gasteiger partial charge < -0.3 is 19.9 Å². The molecular formula is C11H22ClNO5. The Morgan fingerprint density at radius 1 is 1.00 bits per heavy atom. The SMILES string of the molecule is CCOCCOCCOC(=O)CCC(=O)CN.Cl. The van der Waals surface area contributed by atoms with Crippen LogP contribution in [0.2, 0.25) is 0 Å². The van der Waals surface area contributed by atoms with E-state index >= 15 is 0 Å². The van der Waals surface area contributed by atoms with Crippen LogP contribution < -0.4 is 5.73 Å². The van der Waals surface area contributed by atoms with Gasteiger partial charge in [0, 0.05) is 13.0 Å². The number of ketones is 1. The second-order valence-electron chi connectivity index (χ2n) is 3.27. The molecule has 0 bridgehead atoms. The normalized spacial score (nSPS) is 9.67. The maximum atomic E-state index is 11.1. The van der Waals surface area contributed by atoms with E-state index in [2.05, 4.69) is 0 Å². The molecule has 2 N–H and O–H groups in total. The number of nitrogens with two attached hydrogens (primary N) is 1. The van der Waals surface area contributed by atoms with Crippen molar-refractivity contribution in [2.45, 2.75) is 19.8 Å². The second kappa shape index (κ2) is 14.4. The van der Waals surface area contributed by atoms with Crippen LogP contribution in [0.1, 0.15) is 19.8 Å². The fraction of sp³-hybridized carbons (Fsp3) is 0.818. The lowest BCUT2D eigenvalue weighted by Gasteiger charge is -2.05. The zero-order chi connectivity index (χ0) is 12.9. The van der Waals surface area contributed by atoms with Crippen LogP contribution >= 0.6 is 12.4 Å². The van der Waals surface area contributed by atoms with E-state index in [-0.39, 0.29) is 44.2 Å². The van der Waals surface area contributed by atoms with E-state index in [0.717, 1.165) is 0 Å². The van der Waals surface area contributed by atoms with Crippen molar-refractivity contribution in [2.75, 3.05) is 39.6 Å². The second-order valence-corrected chi connectivity index (χ2v) is 3.27. The van der Waals surface area contributed by atoms with Crippen molar-refractivity contribution in [1.29, 1.82) is 0 Å². The molecule has 0 aliphatic carbocycles. The van der Waals surface area contributed by atoms with Gasteiger partial charge in [0.05, 0.1) is 32.8 Å². The molecule has 0 amide bonds. The van der Waals surface area contributed by atoms with E-state index < -0.39 is 5.97 Å². The number of halogens is 1. The number of carbonyl (C=O) groups is 2. The maximum Gasteiger partial charge on any atom is 0.306 e. The lowest BCUT2D eigenvalue weighted by atomic mass is 10.2. The first-order chi connectivity index (χ1) is 8.20. The topological polar surface area (TPSA) is 87.9 Å². The predicted molar refractivity (Wildman–Crippen MR) is 68.8 cm³/mol. The molecule has 0 saturated carbocycles. The molecule has 0 aromatic rings. The van der Waals surface area contributed by atoms with E-state index in [4.69, 9.17) is 19.9 Å². The molecule has 0 aliphatic rings. The van der Waals surface area contributed by atoms with Gasteiger partial charge in [0.25, 0.3) is 0 Å². The Hall–Kier alpha value is -0.690. The summed E-state index contributed by atoms with van der Waals surface area (Å²) in [5.41, 5.74) is 5.10. The number of hydrogen-bond donors (Lipinski definition) is 1. The Morgan fingerprint density at radius 2 is 1.61 bits per heavy atom. The zero-order valence-electron chi connectivity index (χ0n) is 10.7.